The molecule has 4 aliphatic rings. The van der Waals surface area contributed by atoms with Gasteiger partial charge in [0.15, 0.2) is 0 Å². The second-order valence-corrected chi connectivity index (χ2v) is 9.79. The number of aromatic nitrogens is 2. The fraction of sp³-hybridized carbons (Fsp3) is 0.560. The van der Waals surface area contributed by atoms with Crippen LogP contribution >= 0.6 is 0 Å². The lowest BCUT2D eigenvalue weighted by atomic mass is 9.68. The van der Waals surface area contributed by atoms with Crippen molar-refractivity contribution in [2.24, 2.45) is 11.8 Å². The van der Waals surface area contributed by atoms with Crippen molar-refractivity contribution in [2.75, 3.05) is 19.6 Å². The van der Waals surface area contributed by atoms with Gasteiger partial charge in [-0.2, -0.15) is 5.10 Å². The average molecular weight is 419 g/mol. The molecule has 3 aliphatic heterocycles. The molecule has 2 bridgehead atoms. The van der Waals surface area contributed by atoms with Gasteiger partial charge in [-0.05, 0) is 56.6 Å². The number of fused-ring (bicyclic) bond motifs is 7. The Bertz CT molecular complexity index is 1110. The van der Waals surface area contributed by atoms with E-state index in [4.69, 9.17) is 0 Å². The van der Waals surface area contributed by atoms with E-state index in [2.05, 4.69) is 21.0 Å². The van der Waals surface area contributed by atoms with Crippen molar-refractivity contribution < 1.29 is 4.79 Å². The lowest BCUT2D eigenvalue weighted by Crippen LogP contribution is -2.60. The maximum atomic E-state index is 13.4. The van der Waals surface area contributed by atoms with E-state index >= 15 is 0 Å². The molecule has 31 heavy (non-hydrogen) atoms. The van der Waals surface area contributed by atoms with Crippen molar-refractivity contribution in [3.8, 4) is 0 Å². The minimum atomic E-state index is -0.184. The number of amides is 1. The zero-order chi connectivity index (χ0) is 20.9. The Morgan fingerprint density at radius 1 is 1.13 bits per heavy atom. The standard InChI is InChI=1S/C25H30N4O2/c30-23(16-29-25(31)21-8-2-1-6-18(21)14-26-29)28-11-5-7-17-12-19-13-20(24(17)28)15-27-10-4-3-9-22(19)27/h1-2,6,8,12,14,19-20,22,24H,3-5,7,9-11,13,15-16H2/t19-,20+,22-,24+/m0/s1. The number of piperidine rings is 3. The van der Waals surface area contributed by atoms with Gasteiger partial charge in [-0.1, -0.05) is 36.3 Å². The molecule has 3 saturated heterocycles. The molecule has 3 fully saturated rings. The molecule has 2 aromatic rings. The van der Waals surface area contributed by atoms with Crippen LogP contribution in [-0.2, 0) is 11.3 Å². The lowest BCUT2D eigenvalue weighted by Gasteiger charge is -2.54. The smallest absolute Gasteiger partial charge is 0.275 e. The van der Waals surface area contributed by atoms with Crippen LogP contribution in [0.5, 0.6) is 0 Å². The molecule has 0 saturated carbocycles. The van der Waals surface area contributed by atoms with Gasteiger partial charge in [-0.25, -0.2) is 4.68 Å². The number of rotatable bonds is 2. The maximum Gasteiger partial charge on any atom is 0.275 e. The van der Waals surface area contributed by atoms with E-state index in [0.717, 1.165) is 31.3 Å². The fourth-order valence-corrected chi connectivity index (χ4v) is 6.71. The van der Waals surface area contributed by atoms with Crippen LogP contribution in [0.3, 0.4) is 0 Å². The molecule has 1 aromatic carbocycles. The number of carbonyl (C=O) groups excluding carboxylic acids is 1. The Hall–Kier alpha value is -2.47. The summed E-state index contributed by atoms with van der Waals surface area (Å²) in [5.41, 5.74) is 1.29. The summed E-state index contributed by atoms with van der Waals surface area (Å²) in [6, 6.07) is 8.36. The third kappa shape index (κ3) is 3.23. The Balaban J connectivity index is 1.28. The second-order valence-electron chi connectivity index (χ2n) is 9.79. The summed E-state index contributed by atoms with van der Waals surface area (Å²) in [6.45, 7) is 3.13. The predicted molar refractivity (Wildman–Crippen MR) is 120 cm³/mol. The first-order valence-electron chi connectivity index (χ1n) is 11.9. The summed E-state index contributed by atoms with van der Waals surface area (Å²) in [6.07, 6.45) is 11.5. The first kappa shape index (κ1) is 19.2. The molecule has 0 spiro atoms. The molecule has 6 rings (SSSR count). The van der Waals surface area contributed by atoms with Gasteiger partial charge in [0, 0.05) is 24.5 Å². The van der Waals surface area contributed by atoms with Crippen molar-refractivity contribution >= 4 is 16.7 Å². The van der Waals surface area contributed by atoms with E-state index in [0.29, 0.717) is 23.3 Å². The summed E-state index contributed by atoms with van der Waals surface area (Å²) >= 11 is 0. The van der Waals surface area contributed by atoms with Crippen molar-refractivity contribution in [1.29, 1.82) is 0 Å². The predicted octanol–water partition coefficient (Wildman–Crippen LogP) is 2.82. The van der Waals surface area contributed by atoms with E-state index in [1.165, 1.54) is 42.5 Å². The normalized spacial score (nSPS) is 30.5. The molecule has 4 heterocycles. The largest absolute Gasteiger partial charge is 0.334 e. The Morgan fingerprint density at radius 3 is 2.97 bits per heavy atom. The molecule has 6 nitrogen and oxygen atoms in total. The molecule has 0 radical (unpaired) electrons. The van der Waals surface area contributed by atoms with Gasteiger partial charge in [-0.3, -0.25) is 14.5 Å². The van der Waals surface area contributed by atoms with Crippen LogP contribution in [0, 0.1) is 11.8 Å². The van der Waals surface area contributed by atoms with Gasteiger partial charge >= 0.3 is 0 Å². The summed E-state index contributed by atoms with van der Waals surface area (Å²) in [5, 5.41) is 5.73. The van der Waals surface area contributed by atoms with E-state index in [1.807, 2.05) is 18.2 Å². The number of benzene rings is 1. The lowest BCUT2D eigenvalue weighted by molar-refractivity contribution is -0.137. The van der Waals surface area contributed by atoms with Gasteiger partial charge < -0.3 is 4.90 Å². The highest BCUT2D eigenvalue weighted by atomic mass is 16.2. The number of hydrogen-bond acceptors (Lipinski definition) is 4. The van der Waals surface area contributed by atoms with Gasteiger partial charge in [0.25, 0.3) is 5.56 Å². The molecular weight excluding hydrogens is 388 g/mol. The van der Waals surface area contributed by atoms with Crippen molar-refractivity contribution in [2.45, 2.75) is 57.2 Å². The highest BCUT2D eigenvalue weighted by Gasteiger charge is 2.46. The van der Waals surface area contributed by atoms with Crippen LogP contribution in [0.15, 0.2) is 46.9 Å². The number of likely N-dealkylation sites (tertiary alicyclic amines) is 1. The second kappa shape index (κ2) is 7.59. The van der Waals surface area contributed by atoms with E-state index in [-0.39, 0.29) is 24.1 Å². The van der Waals surface area contributed by atoms with Crippen LogP contribution in [0.1, 0.15) is 38.5 Å². The first-order chi connectivity index (χ1) is 15.2. The summed E-state index contributed by atoms with van der Waals surface area (Å²) in [4.78, 5) is 31.1. The van der Waals surface area contributed by atoms with Crippen molar-refractivity contribution in [3.05, 3.63) is 52.5 Å². The SMILES string of the molecule is O=C(Cn1ncc2ccccc2c1=O)N1CCCC2=C[C@H]3C[C@H](CN4CCCC[C@@H]34)[C@@H]21. The van der Waals surface area contributed by atoms with E-state index < -0.39 is 0 Å². The zero-order valence-electron chi connectivity index (χ0n) is 17.9. The Morgan fingerprint density at radius 2 is 2.03 bits per heavy atom. The summed E-state index contributed by atoms with van der Waals surface area (Å²) in [5.74, 6) is 1.20. The number of carbonyl (C=O) groups is 1. The number of hydrogen-bond donors (Lipinski definition) is 0. The molecule has 6 heteroatoms. The van der Waals surface area contributed by atoms with Crippen LogP contribution in [0.2, 0.25) is 0 Å². The maximum absolute atomic E-state index is 13.4. The van der Waals surface area contributed by atoms with Crippen LogP contribution in [0.25, 0.3) is 10.8 Å². The zero-order valence-corrected chi connectivity index (χ0v) is 17.9. The van der Waals surface area contributed by atoms with Crippen molar-refractivity contribution in [1.82, 2.24) is 19.6 Å². The number of nitrogens with zero attached hydrogens (tertiary/aromatic N) is 4. The van der Waals surface area contributed by atoms with Gasteiger partial charge in [0.05, 0.1) is 17.6 Å². The van der Waals surface area contributed by atoms with Crippen molar-refractivity contribution in [3.63, 3.8) is 0 Å². The quantitative estimate of drug-likeness (QED) is 0.704. The molecule has 0 N–H and O–H groups in total. The average Bonchev–Trinajstić information content (AvgIpc) is 2.81. The molecule has 1 aromatic heterocycles. The third-order valence-electron chi connectivity index (χ3n) is 8.02. The first-order valence-corrected chi connectivity index (χ1v) is 11.9. The van der Waals surface area contributed by atoms with Gasteiger partial charge in [0.1, 0.15) is 6.54 Å². The minimum Gasteiger partial charge on any atom is -0.334 e. The molecule has 1 amide bonds. The monoisotopic (exact) mass is 418 g/mol. The Labute approximate surface area is 182 Å². The molecule has 162 valence electrons. The minimum absolute atomic E-state index is 0.0237. The van der Waals surface area contributed by atoms with Crippen LogP contribution in [-0.4, -0.2) is 57.2 Å². The molecular formula is C25H30N4O2. The van der Waals surface area contributed by atoms with E-state index in [9.17, 15) is 9.59 Å². The van der Waals surface area contributed by atoms with E-state index in [1.54, 1.807) is 12.3 Å². The molecule has 0 unspecified atom stereocenters. The molecule has 1 aliphatic carbocycles. The third-order valence-corrected chi connectivity index (χ3v) is 8.02. The highest BCUT2D eigenvalue weighted by molar-refractivity contribution is 5.81. The van der Waals surface area contributed by atoms with Crippen LogP contribution in [0.4, 0.5) is 0 Å². The molecule has 4 atom stereocenters. The Kier molecular flexibility index (Phi) is 4.71. The fourth-order valence-electron chi connectivity index (χ4n) is 6.71. The highest BCUT2D eigenvalue weighted by Crippen LogP contribution is 2.45. The summed E-state index contributed by atoms with van der Waals surface area (Å²) in [7, 11) is 0. The van der Waals surface area contributed by atoms with Gasteiger partial charge in [-0.15, -0.1) is 0 Å². The van der Waals surface area contributed by atoms with Gasteiger partial charge in [0.2, 0.25) is 5.91 Å². The topological polar surface area (TPSA) is 58.4 Å². The summed E-state index contributed by atoms with van der Waals surface area (Å²) < 4.78 is 1.34. The van der Waals surface area contributed by atoms with Crippen LogP contribution < -0.4 is 5.56 Å².